The molecule has 0 fully saturated rings. The van der Waals surface area contributed by atoms with Gasteiger partial charge in [-0.2, -0.15) is 0 Å². The highest BCUT2D eigenvalue weighted by Crippen LogP contribution is 2.22. The molecule has 1 aromatic heterocycles. The second kappa shape index (κ2) is 6.75. The van der Waals surface area contributed by atoms with E-state index in [0.717, 1.165) is 10.9 Å². The van der Waals surface area contributed by atoms with Crippen molar-refractivity contribution in [1.29, 1.82) is 0 Å². The van der Waals surface area contributed by atoms with Gasteiger partial charge < -0.3 is 18.6 Å². The second-order valence-corrected chi connectivity index (χ2v) is 4.43. The molecule has 7 nitrogen and oxygen atoms in total. The van der Waals surface area contributed by atoms with Gasteiger partial charge in [-0.1, -0.05) is 0 Å². The van der Waals surface area contributed by atoms with Gasteiger partial charge in [-0.05, 0) is 24.6 Å². The lowest BCUT2D eigenvalue weighted by molar-refractivity contribution is -0.158. The molecule has 0 N–H and O–H groups in total. The Kier molecular flexibility index (Phi) is 4.77. The molecule has 0 aliphatic rings. The van der Waals surface area contributed by atoms with Crippen LogP contribution in [0.4, 0.5) is 0 Å². The van der Waals surface area contributed by atoms with E-state index in [2.05, 4.69) is 9.47 Å². The van der Waals surface area contributed by atoms with Crippen LogP contribution in [0.15, 0.2) is 33.5 Å². The molecule has 0 spiro atoms. The van der Waals surface area contributed by atoms with E-state index in [1.54, 1.807) is 19.1 Å². The fourth-order valence-corrected chi connectivity index (χ4v) is 1.78. The van der Waals surface area contributed by atoms with Gasteiger partial charge in [0.15, 0.2) is 13.2 Å². The van der Waals surface area contributed by atoms with Gasteiger partial charge in [-0.15, -0.1) is 0 Å². The highest BCUT2D eigenvalue weighted by molar-refractivity contribution is 5.81. The first-order valence-electron chi connectivity index (χ1n) is 6.39. The largest absolute Gasteiger partial charge is 0.482 e. The smallest absolute Gasteiger partial charge is 0.344 e. The van der Waals surface area contributed by atoms with Crippen LogP contribution in [-0.4, -0.2) is 32.3 Å². The lowest BCUT2D eigenvalue weighted by Gasteiger charge is -2.07. The number of aryl methyl sites for hydroxylation is 1. The average Bonchev–Trinajstić information content (AvgIpc) is 2.49. The molecule has 1 aromatic carbocycles. The van der Waals surface area contributed by atoms with Crippen LogP contribution < -0.4 is 10.4 Å². The maximum absolute atomic E-state index is 11.4. The molecule has 0 unspecified atom stereocenters. The summed E-state index contributed by atoms with van der Waals surface area (Å²) in [6, 6.07) is 6.27. The predicted octanol–water partition coefficient (Wildman–Crippen LogP) is 1.20. The van der Waals surface area contributed by atoms with E-state index in [9.17, 15) is 14.4 Å². The lowest BCUT2D eigenvalue weighted by Crippen LogP contribution is -2.20. The van der Waals surface area contributed by atoms with Crippen molar-refractivity contribution >= 4 is 22.9 Å². The number of methoxy groups -OCH3 is 1. The number of hydrogen-bond donors (Lipinski definition) is 0. The van der Waals surface area contributed by atoms with Gasteiger partial charge in [0.05, 0.1) is 7.11 Å². The van der Waals surface area contributed by atoms with Crippen molar-refractivity contribution in [1.82, 2.24) is 0 Å². The van der Waals surface area contributed by atoms with Crippen molar-refractivity contribution in [2.45, 2.75) is 6.92 Å². The van der Waals surface area contributed by atoms with Gasteiger partial charge in [-0.3, -0.25) is 0 Å². The molecule has 0 saturated carbocycles. The Balaban J connectivity index is 2.02. The van der Waals surface area contributed by atoms with Gasteiger partial charge in [0.25, 0.3) is 0 Å². The number of fused-ring (bicyclic) bond motifs is 1. The zero-order valence-corrected chi connectivity index (χ0v) is 12.1. The molecule has 0 aliphatic heterocycles. The number of esters is 2. The first-order valence-corrected chi connectivity index (χ1v) is 6.39. The van der Waals surface area contributed by atoms with Gasteiger partial charge in [-0.25, -0.2) is 14.4 Å². The summed E-state index contributed by atoms with van der Waals surface area (Å²) in [6.45, 7) is 0.951. The van der Waals surface area contributed by atoms with E-state index in [0.29, 0.717) is 11.3 Å². The maximum atomic E-state index is 11.4. The molecule has 0 saturated heterocycles. The molecule has 7 heteroatoms. The van der Waals surface area contributed by atoms with Crippen LogP contribution in [0.1, 0.15) is 5.56 Å². The number of benzene rings is 1. The minimum Gasteiger partial charge on any atom is -0.482 e. The van der Waals surface area contributed by atoms with E-state index in [-0.39, 0.29) is 6.61 Å². The zero-order valence-electron chi connectivity index (χ0n) is 12.1. The Bertz CT molecular complexity index is 760. The first kappa shape index (κ1) is 15.6. The summed E-state index contributed by atoms with van der Waals surface area (Å²) in [5, 5.41) is 0.778. The minimum atomic E-state index is -0.712. The van der Waals surface area contributed by atoms with Crippen molar-refractivity contribution < 1.29 is 28.2 Å². The standard InChI is InChI=1S/C15H14O7/c1-9-5-13(16)22-12-6-10(3-4-11(9)12)20-8-15(18)21-7-14(17)19-2/h3-6H,7-8H2,1-2H3. The average molecular weight is 306 g/mol. The fourth-order valence-electron chi connectivity index (χ4n) is 1.78. The Hall–Kier alpha value is -2.83. The molecular weight excluding hydrogens is 292 g/mol. The third kappa shape index (κ3) is 3.85. The van der Waals surface area contributed by atoms with E-state index in [1.165, 1.54) is 19.2 Å². The summed E-state index contributed by atoms with van der Waals surface area (Å²) in [7, 11) is 1.19. The summed E-state index contributed by atoms with van der Waals surface area (Å²) in [4.78, 5) is 33.5. The van der Waals surface area contributed by atoms with E-state index < -0.39 is 24.2 Å². The Labute approximate surface area is 125 Å². The monoisotopic (exact) mass is 306 g/mol. The molecular formula is C15H14O7. The normalized spacial score (nSPS) is 10.3. The Morgan fingerprint density at radius 1 is 1.14 bits per heavy atom. The predicted molar refractivity (Wildman–Crippen MR) is 75.7 cm³/mol. The molecule has 0 atom stereocenters. The quantitative estimate of drug-likeness (QED) is 0.605. The zero-order chi connectivity index (χ0) is 16.1. The van der Waals surface area contributed by atoms with Crippen molar-refractivity contribution in [2.75, 3.05) is 20.3 Å². The summed E-state index contributed by atoms with van der Waals surface area (Å²) in [6.07, 6.45) is 0. The molecule has 2 aromatic rings. The number of hydrogen-bond acceptors (Lipinski definition) is 7. The summed E-state index contributed by atoms with van der Waals surface area (Å²) < 4.78 is 19.3. The van der Waals surface area contributed by atoms with Crippen LogP contribution in [0.5, 0.6) is 5.75 Å². The third-order valence-electron chi connectivity index (χ3n) is 2.86. The van der Waals surface area contributed by atoms with Crippen LogP contribution in [0.3, 0.4) is 0 Å². The van der Waals surface area contributed by atoms with E-state index in [4.69, 9.17) is 9.15 Å². The second-order valence-electron chi connectivity index (χ2n) is 4.43. The molecule has 0 radical (unpaired) electrons. The number of carbonyl (C=O) groups is 2. The third-order valence-corrected chi connectivity index (χ3v) is 2.86. The molecule has 0 amide bonds. The highest BCUT2D eigenvalue weighted by atomic mass is 16.6. The molecule has 0 bridgehead atoms. The Morgan fingerprint density at radius 3 is 2.64 bits per heavy atom. The van der Waals surface area contributed by atoms with Gasteiger partial charge in [0.2, 0.25) is 0 Å². The van der Waals surface area contributed by atoms with Crippen molar-refractivity contribution in [3.8, 4) is 5.75 Å². The van der Waals surface area contributed by atoms with Crippen LogP contribution >= 0.6 is 0 Å². The van der Waals surface area contributed by atoms with Gasteiger partial charge >= 0.3 is 17.6 Å². The van der Waals surface area contributed by atoms with Crippen LogP contribution in [0.25, 0.3) is 11.0 Å². The summed E-state index contributed by atoms with van der Waals surface area (Å²) in [5.74, 6) is -1.02. The van der Waals surface area contributed by atoms with Gasteiger partial charge in [0.1, 0.15) is 11.3 Å². The molecule has 2 rings (SSSR count). The van der Waals surface area contributed by atoms with Gasteiger partial charge in [0, 0.05) is 17.5 Å². The first-order chi connectivity index (χ1) is 10.5. The fraction of sp³-hybridized carbons (Fsp3) is 0.267. The molecule has 22 heavy (non-hydrogen) atoms. The van der Waals surface area contributed by atoms with Crippen molar-refractivity contribution in [3.05, 3.63) is 40.2 Å². The van der Waals surface area contributed by atoms with Crippen LogP contribution in [-0.2, 0) is 19.1 Å². The molecule has 0 aliphatic carbocycles. The highest BCUT2D eigenvalue weighted by Gasteiger charge is 2.09. The van der Waals surface area contributed by atoms with Crippen LogP contribution in [0, 0.1) is 6.92 Å². The van der Waals surface area contributed by atoms with Crippen LogP contribution in [0.2, 0.25) is 0 Å². The van der Waals surface area contributed by atoms with E-state index in [1.807, 2.05) is 0 Å². The van der Waals surface area contributed by atoms with Crippen molar-refractivity contribution in [2.24, 2.45) is 0 Å². The summed E-state index contributed by atoms with van der Waals surface area (Å²) in [5.41, 5.74) is 0.695. The van der Waals surface area contributed by atoms with E-state index >= 15 is 0 Å². The Morgan fingerprint density at radius 2 is 1.91 bits per heavy atom. The topological polar surface area (TPSA) is 92.0 Å². The number of ether oxygens (including phenoxy) is 3. The minimum absolute atomic E-state index is 0.344. The molecule has 116 valence electrons. The summed E-state index contributed by atoms with van der Waals surface area (Å²) >= 11 is 0. The lowest BCUT2D eigenvalue weighted by atomic mass is 10.1. The number of carbonyl (C=O) groups excluding carboxylic acids is 2. The molecule has 1 heterocycles. The SMILES string of the molecule is COC(=O)COC(=O)COc1ccc2c(C)cc(=O)oc2c1. The maximum Gasteiger partial charge on any atom is 0.344 e. The number of rotatable bonds is 5. The van der Waals surface area contributed by atoms with Crippen molar-refractivity contribution in [3.63, 3.8) is 0 Å².